The molecule has 0 unspecified atom stereocenters. The third-order valence-corrected chi connectivity index (χ3v) is 1.03. The maximum absolute atomic E-state index is 6.54. The zero-order chi connectivity index (χ0) is 6.69. The Morgan fingerprint density at radius 1 is 1.56 bits per heavy atom. The Morgan fingerprint density at radius 2 is 2.33 bits per heavy atom. The first kappa shape index (κ1) is 6.06. The SMILES string of the molecule is [C-]#[N+]c1cccc(Cl)n1. The standard InChI is InChI=1S/C6H3ClN2/c1-8-6-4-2-3-5(7)9-6/h2-4H. The Kier molecular flexibility index (Phi) is 1.66. The van der Waals surface area contributed by atoms with E-state index in [1.807, 2.05) is 0 Å². The summed E-state index contributed by atoms with van der Waals surface area (Å²) in [4.78, 5) is 6.79. The van der Waals surface area contributed by atoms with Crippen molar-refractivity contribution in [3.8, 4) is 0 Å². The summed E-state index contributed by atoms with van der Waals surface area (Å²) in [6.07, 6.45) is 0. The Balaban J connectivity index is 3.12. The Bertz CT molecular complexity index is 251. The van der Waals surface area contributed by atoms with Gasteiger partial charge in [0.25, 0.3) is 5.82 Å². The van der Waals surface area contributed by atoms with Gasteiger partial charge in [-0.3, -0.25) is 0 Å². The molecule has 0 aliphatic heterocycles. The van der Waals surface area contributed by atoms with E-state index in [1.165, 1.54) is 0 Å². The molecule has 1 rings (SSSR count). The minimum absolute atomic E-state index is 0.336. The third kappa shape index (κ3) is 1.41. The molecule has 0 fully saturated rings. The Morgan fingerprint density at radius 3 is 2.78 bits per heavy atom. The fraction of sp³-hybridized carbons (Fsp3) is 0. The summed E-state index contributed by atoms with van der Waals surface area (Å²) in [6.45, 7) is 6.54. The highest BCUT2D eigenvalue weighted by molar-refractivity contribution is 6.29. The zero-order valence-electron chi connectivity index (χ0n) is 4.50. The molecule has 0 N–H and O–H groups in total. The van der Waals surface area contributed by atoms with Crippen LogP contribution in [0.2, 0.25) is 5.15 Å². The molecule has 2 nitrogen and oxygen atoms in total. The zero-order valence-corrected chi connectivity index (χ0v) is 5.26. The highest BCUT2D eigenvalue weighted by Crippen LogP contribution is 2.10. The van der Waals surface area contributed by atoms with Crippen LogP contribution in [0.5, 0.6) is 0 Å². The van der Waals surface area contributed by atoms with Crippen molar-refractivity contribution in [3.05, 3.63) is 34.8 Å². The second-order valence-electron chi connectivity index (χ2n) is 1.43. The van der Waals surface area contributed by atoms with Gasteiger partial charge in [0.1, 0.15) is 0 Å². The van der Waals surface area contributed by atoms with Crippen molar-refractivity contribution in [1.29, 1.82) is 0 Å². The summed E-state index contributed by atoms with van der Waals surface area (Å²) in [6, 6.07) is 4.94. The van der Waals surface area contributed by atoms with Gasteiger partial charge in [-0.25, -0.2) is 0 Å². The smallest absolute Gasteiger partial charge is 0.271 e. The van der Waals surface area contributed by atoms with Crippen molar-refractivity contribution in [2.75, 3.05) is 0 Å². The topological polar surface area (TPSA) is 17.2 Å². The monoisotopic (exact) mass is 138 g/mol. The molecule has 1 aromatic heterocycles. The van der Waals surface area contributed by atoms with Gasteiger partial charge in [0, 0.05) is 0 Å². The van der Waals surface area contributed by atoms with Gasteiger partial charge in [-0.1, -0.05) is 12.6 Å². The van der Waals surface area contributed by atoms with Crippen molar-refractivity contribution >= 4 is 17.4 Å². The number of hydrogen-bond donors (Lipinski definition) is 0. The second kappa shape index (κ2) is 2.47. The lowest BCUT2D eigenvalue weighted by Gasteiger charge is -1.83. The van der Waals surface area contributed by atoms with Crippen LogP contribution in [0.4, 0.5) is 5.82 Å². The molecule has 0 atom stereocenters. The molecule has 0 bridgehead atoms. The Labute approximate surface area is 57.9 Å². The predicted molar refractivity (Wildman–Crippen MR) is 35.5 cm³/mol. The van der Waals surface area contributed by atoms with Crippen molar-refractivity contribution in [1.82, 2.24) is 4.98 Å². The first-order valence-electron chi connectivity index (χ1n) is 2.33. The molecule has 0 aromatic carbocycles. The van der Waals surface area contributed by atoms with Crippen molar-refractivity contribution in [2.24, 2.45) is 0 Å². The third-order valence-electron chi connectivity index (χ3n) is 0.815. The van der Waals surface area contributed by atoms with Crippen LogP contribution in [0.15, 0.2) is 18.2 Å². The first-order valence-corrected chi connectivity index (χ1v) is 2.71. The molecule has 0 spiro atoms. The van der Waals surface area contributed by atoms with Crippen LogP contribution in [0.25, 0.3) is 4.85 Å². The molecule has 0 radical (unpaired) electrons. The molecule has 0 aliphatic rings. The van der Waals surface area contributed by atoms with Crippen molar-refractivity contribution in [2.45, 2.75) is 0 Å². The van der Waals surface area contributed by atoms with E-state index in [-0.39, 0.29) is 0 Å². The maximum Gasteiger partial charge on any atom is 0.271 e. The van der Waals surface area contributed by atoms with Crippen molar-refractivity contribution < 1.29 is 0 Å². The molecule has 0 aliphatic carbocycles. The van der Waals surface area contributed by atoms with Crippen LogP contribution < -0.4 is 0 Å². The molecular weight excluding hydrogens is 136 g/mol. The maximum atomic E-state index is 6.54. The van der Waals surface area contributed by atoms with Gasteiger partial charge in [-0.05, 0) is 23.7 Å². The van der Waals surface area contributed by atoms with Crippen molar-refractivity contribution in [3.63, 3.8) is 0 Å². The number of halogens is 1. The largest absolute Gasteiger partial charge is 0.361 e. The van der Waals surface area contributed by atoms with Crippen LogP contribution >= 0.6 is 11.6 Å². The molecule has 0 amide bonds. The molecule has 1 heterocycles. The number of aromatic nitrogens is 1. The van der Waals surface area contributed by atoms with E-state index in [0.717, 1.165) is 0 Å². The molecular formula is C6H3ClN2. The van der Waals surface area contributed by atoms with E-state index >= 15 is 0 Å². The minimum Gasteiger partial charge on any atom is -0.361 e. The molecule has 44 valence electrons. The number of pyridine rings is 1. The lowest BCUT2D eigenvalue weighted by atomic mass is 10.5. The number of rotatable bonds is 0. The summed E-state index contributed by atoms with van der Waals surface area (Å²) in [7, 11) is 0. The molecule has 0 saturated carbocycles. The molecule has 3 heteroatoms. The summed E-state index contributed by atoms with van der Waals surface area (Å²) in [5.74, 6) is 0.336. The van der Waals surface area contributed by atoms with Crippen LogP contribution in [0.1, 0.15) is 0 Å². The van der Waals surface area contributed by atoms with Gasteiger partial charge >= 0.3 is 0 Å². The molecule has 9 heavy (non-hydrogen) atoms. The van der Waals surface area contributed by atoms with Gasteiger partial charge in [0.15, 0.2) is 0 Å². The van der Waals surface area contributed by atoms with Gasteiger partial charge in [-0.2, -0.15) is 0 Å². The van der Waals surface area contributed by atoms with E-state index in [4.69, 9.17) is 18.2 Å². The average Bonchev–Trinajstić information content (AvgIpc) is 1.88. The fourth-order valence-electron chi connectivity index (χ4n) is 0.460. The van der Waals surface area contributed by atoms with Gasteiger partial charge in [0.2, 0.25) is 5.15 Å². The van der Waals surface area contributed by atoms with Gasteiger partial charge in [-0.15, -0.1) is 4.98 Å². The lowest BCUT2D eigenvalue weighted by molar-refractivity contribution is 1.35. The summed E-state index contributed by atoms with van der Waals surface area (Å²) in [5.41, 5.74) is 0. The average molecular weight is 139 g/mol. The molecule has 1 aromatic rings. The van der Waals surface area contributed by atoms with E-state index < -0.39 is 0 Å². The van der Waals surface area contributed by atoms with E-state index in [1.54, 1.807) is 18.2 Å². The van der Waals surface area contributed by atoms with E-state index in [0.29, 0.717) is 11.0 Å². The fourth-order valence-corrected chi connectivity index (χ4v) is 0.619. The predicted octanol–water partition coefficient (Wildman–Crippen LogP) is 2.29. The second-order valence-corrected chi connectivity index (χ2v) is 1.82. The summed E-state index contributed by atoms with van der Waals surface area (Å²) >= 11 is 5.47. The van der Waals surface area contributed by atoms with Crippen LogP contribution in [-0.2, 0) is 0 Å². The normalized spacial score (nSPS) is 8.44. The number of hydrogen-bond acceptors (Lipinski definition) is 1. The van der Waals surface area contributed by atoms with Gasteiger partial charge < -0.3 is 4.85 Å². The van der Waals surface area contributed by atoms with Crippen LogP contribution in [0.3, 0.4) is 0 Å². The van der Waals surface area contributed by atoms with Gasteiger partial charge in [0.05, 0.1) is 0 Å². The molecule has 0 saturated heterocycles. The first-order chi connectivity index (χ1) is 4.33. The summed E-state index contributed by atoms with van der Waals surface area (Å²) < 4.78 is 0. The van der Waals surface area contributed by atoms with E-state index in [9.17, 15) is 0 Å². The quantitative estimate of drug-likeness (QED) is 0.397. The van der Waals surface area contributed by atoms with E-state index in [2.05, 4.69) is 9.83 Å². The van der Waals surface area contributed by atoms with Crippen LogP contribution in [0, 0.1) is 6.57 Å². The Hall–Kier alpha value is -1.07. The lowest BCUT2D eigenvalue weighted by Crippen LogP contribution is -1.69. The number of nitrogens with zero attached hydrogens (tertiary/aromatic N) is 2. The highest BCUT2D eigenvalue weighted by Gasteiger charge is 1.93. The van der Waals surface area contributed by atoms with Crippen LogP contribution in [-0.4, -0.2) is 4.98 Å². The highest BCUT2D eigenvalue weighted by atomic mass is 35.5. The minimum atomic E-state index is 0.336. The summed E-state index contributed by atoms with van der Waals surface area (Å²) in [5, 5.41) is 0.364.